The smallest absolute Gasteiger partial charge is 0.0596 e. The molecule has 3 rings (SSSR count). The van der Waals surface area contributed by atoms with E-state index in [1.165, 1.54) is 44.5 Å². The summed E-state index contributed by atoms with van der Waals surface area (Å²) in [5.41, 5.74) is 9.29. The van der Waals surface area contributed by atoms with Crippen molar-refractivity contribution in [2.24, 2.45) is 0 Å². The zero-order valence-corrected chi connectivity index (χ0v) is 9.58. The maximum atomic E-state index is 6.00. The number of rotatable bonds is 3. The Balaban J connectivity index is 1.78. The zero-order chi connectivity index (χ0) is 11.0. The van der Waals surface area contributed by atoms with Gasteiger partial charge in [0.15, 0.2) is 0 Å². The van der Waals surface area contributed by atoms with Crippen molar-refractivity contribution in [3.05, 3.63) is 18.2 Å². The van der Waals surface area contributed by atoms with Crippen LogP contribution in [0.3, 0.4) is 0 Å². The van der Waals surface area contributed by atoms with E-state index in [1.807, 2.05) is 6.07 Å². The normalized spacial score (nSPS) is 20.1. The molecular formula is C13H19N3. The molecule has 1 aromatic rings. The fourth-order valence-corrected chi connectivity index (χ4v) is 2.21. The molecule has 1 saturated heterocycles. The number of nitrogens with one attached hydrogen (secondary N) is 1. The SMILES string of the molecule is Nc1ccc(N2CCC2)cc1NC1CCC1. The van der Waals surface area contributed by atoms with Crippen LogP contribution in [-0.2, 0) is 0 Å². The molecule has 0 amide bonds. The van der Waals surface area contributed by atoms with Crippen LogP contribution in [0.2, 0.25) is 0 Å². The van der Waals surface area contributed by atoms with Gasteiger partial charge in [-0.3, -0.25) is 0 Å². The summed E-state index contributed by atoms with van der Waals surface area (Å²) in [4.78, 5) is 2.39. The van der Waals surface area contributed by atoms with Gasteiger partial charge in [0.2, 0.25) is 0 Å². The molecule has 1 aliphatic heterocycles. The van der Waals surface area contributed by atoms with E-state index in [-0.39, 0.29) is 0 Å². The highest BCUT2D eigenvalue weighted by Gasteiger charge is 2.19. The van der Waals surface area contributed by atoms with Gasteiger partial charge < -0.3 is 16.0 Å². The van der Waals surface area contributed by atoms with Crippen molar-refractivity contribution in [3.8, 4) is 0 Å². The Labute approximate surface area is 96.6 Å². The van der Waals surface area contributed by atoms with E-state index in [1.54, 1.807) is 0 Å². The van der Waals surface area contributed by atoms with Gasteiger partial charge in [-0.2, -0.15) is 0 Å². The summed E-state index contributed by atoms with van der Waals surface area (Å²) >= 11 is 0. The lowest BCUT2D eigenvalue weighted by Gasteiger charge is -2.34. The van der Waals surface area contributed by atoms with Gasteiger partial charge in [-0.1, -0.05) is 0 Å². The molecule has 3 N–H and O–H groups in total. The predicted octanol–water partition coefficient (Wildman–Crippen LogP) is 2.44. The Hall–Kier alpha value is -1.38. The van der Waals surface area contributed by atoms with Gasteiger partial charge >= 0.3 is 0 Å². The molecule has 1 saturated carbocycles. The number of hydrogen-bond acceptors (Lipinski definition) is 3. The summed E-state index contributed by atoms with van der Waals surface area (Å²) in [5, 5.41) is 3.54. The molecule has 2 fully saturated rings. The first kappa shape index (κ1) is 9.82. The van der Waals surface area contributed by atoms with E-state index >= 15 is 0 Å². The maximum Gasteiger partial charge on any atom is 0.0596 e. The number of anilines is 3. The van der Waals surface area contributed by atoms with Crippen LogP contribution in [0.5, 0.6) is 0 Å². The molecule has 16 heavy (non-hydrogen) atoms. The predicted molar refractivity (Wildman–Crippen MR) is 68.9 cm³/mol. The second-order valence-corrected chi connectivity index (χ2v) is 4.88. The zero-order valence-electron chi connectivity index (χ0n) is 9.58. The van der Waals surface area contributed by atoms with Gasteiger partial charge in [-0.05, 0) is 43.9 Å². The number of benzene rings is 1. The first-order valence-corrected chi connectivity index (χ1v) is 6.24. The van der Waals surface area contributed by atoms with Crippen LogP contribution < -0.4 is 16.0 Å². The Kier molecular flexibility index (Phi) is 2.39. The third-order valence-corrected chi connectivity index (χ3v) is 3.72. The molecule has 86 valence electrons. The summed E-state index contributed by atoms with van der Waals surface area (Å²) < 4.78 is 0. The summed E-state index contributed by atoms with van der Waals surface area (Å²) in [6.07, 6.45) is 5.24. The molecule has 0 unspecified atom stereocenters. The van der Waals surface area contributed by atoms with Crippen LogP contribution in [0.4, 0.5) is 17.1 Å². The average Bonchev–Trinajstić information content (AvgIpc) is 2.13. The fourth-order valence-electron chi connectivity index (χ4n) is 2.21. The van der Waals surface area contributed by atoms with Crippen LogP contribution in [-0.4, -0.2) is 19.1 Å². The van der Waals surface area contributed by atoms with E-state index in [0.29, 0.717) is 6.04 Å². The highest BCUT2D eigenvalue weighted by atomic mass is 15.2. The van der Waals surface area contributed by atoms with Crippen molar-refractivity contribution < 1.29 is 0 Å². The summed E-state index contributed by atoms with van der Waals surface area (Å²) in [5.74, 6) is 0. The molecule has 3 heteroatoms. The van der Waals surface area contributed by atoms with Gasteiger partial charge in [-0.25, -0.2) is 0 Å². The first-order chi connectivity index (χ1) is 7.83. The minimum Gasteiger partial charge on any atom is -0.397 e. The number of nitrogen functional groups attached to an aromatic ring is 1. The minimum absolute atomic E-state index is 0.647. The fraction of sp³-hybridized carbons (Fsp3) is 0.538. The first-order valence-electron chi connectivity index (χ1n) is 6.24. The molecule has 0 spiro atoms. The highest BCUT2D eigenvalue weighted by Crippen LogP contribution is 2.31. The Bertz CT molecular complexity index is 381. The minimum atomic E-state index is 0.647. The van der Waals surface area contributed by atoms with Crippen molar-refractivity contribution >= 4 is 17.1 Å². The molecular weight excluding hydrogens is 198 g/mol. The van der Waals surface area contributed by atoms with Crippen molar-refractivity contribution in [2.45, 2.75) is 31.7 Å². The van der Waals surface area contributed by atoms with Crippen LogP contribution in [0, 0.1) is 0 Å². The van der Waals surface area contributed by atoms with E-state index in [4.69, 9.17) is 5.73 Å². The van der Waals surface area contributed by atoms with E-state index in [9.17, 15) is 0 Å². The van der Waals surface area contributed by atoms with Crippen LogP contribution in [0.25, 0.3) is 0 Å². The molecule has 0 atom stereocenters. The lowest BCUT2D eigenvalue weighted by Crippen LogP contribution is -2.37. The van der Waals surface area contributed by atoms with Gasteiger partial charge in [0.1, 0.15) is 0 Å². The van der Waals surface area contributed by atoms with Gasteiger partial charge in [0.05, 0.1) is 11.4 Å². The molecule has 0 aromatic heterocycles. The number of nitrogens with two attached hydrogens (primary N) is 1. The molecule has 1 aromatic carbocycles. The van der Waals surface area contributed by atoms with Gasteiger partial charge in [0, 0.05) is 24.8 Å². The van der Waals surface area contributed by atoms with Crippen molar-refractivity contribution in [2.75, 3.05) is 29.0 Å². The number of hydrogen-bond donors (Lipinski definition) is 2. The molecule has 2 aliphatic rings. The van der Waals surface area contributed by atoms with Crippen molar-refractivity contribution in [1.82, 2.24) is 0 Å². The van der Waals surface area contributed by atoms with Crippen LogP contribution in [0.15, 0.2) is 18.2 Å². The summed E-state index contributed by atoms with van der Waals surface area (Å²) in [6.45, 7) is 2.37. The van der Waals surface area contributed by atoms with Crippen molar-refractivity contribution in [1.29, 1.82) is 0 Å². The Morgan fingerprint density at radius 3 is 2.56 bits per heavy atom. The largest absolute Gasteiger partial charge is 0.397 e. The second-order valence-electron chi connectivity index (χ2n) is 4.88. The topological polar surface area (TPSA) is 41.3 Å². The molecule has 3 nitrogen and oxygen atoms in total. The maximum absolute atomic E-state index is 6.00. The third kappa shape index (κ3) is 1.70. The van der Waals surface area contributed by atoms with Crippen LogP contribution in [0.1, 0.15) is 25.7 Å². The quantitative estimate of drug-likeness (QED) is 0.764. The lowest BCUT2D eigenvalue weighted by molar-refractivity contribution is 0.446. The van der Waals surface area contributed by atoms with E-state index in [2.05, 4.69) is 22.3 Å². The lowest BCUT2D eigenvalue weighted by atomic mass is 9.93. The summed E-state index contributed by atoms with van der Waals surface area (Å²) in [7, 11) is 0. The second kappa shape index (κ2) is 3.89. The third-order valence-electron chi connectivity index (χ3n) is 3.72. The molecule has 0 radical (unpaired) electrons. The summed E-state index contributed by atoms with van der Waals surface area (Å²) in [6, 6.07) is 7.00. The molecule has 1 heterocycles. The van der Waals surface area contributed by atoms with E-state index in [0.717, 1.165) is 11.4 Å². The van der Waals surface area contributed by atoms with Gasteiger partial charge in [-0.15, -0.1) is 0 Å². The van der Waals surface area contributed by atoms with E-state index < -0.39 is 0 Å². The average molecular weight is 217 g/mol. The van der Waals surface area contributed by atoms with Crippen molar-refractivity contribution in [3.63, 3.8) is 0 Å². The molecule has 1 aliphatic carbocycles. The standard InChI is InChI=1S/C13H19N3/c14-12-6-5-11(16-7-2-8-16)9-13(12)15-10-3-1-4-10/h5-6,9-10,15H,1-4,7-8,14H2. The Morgan fingerprint density at radius 2 is 2.00 bits per heavy atom. The molecule has 0 bridgehead atoms. The highest BCUT2D eigenvalue weighted by molar-refractivity contribution is 5.73. The van der Waals surface area contributed by atoms with Crippen LogP contribution >= 0.6 is 0 Å². The van der Waals surface area contributed by atoms with Gasteiger partial charge in [0.25, 0.3) is 0 Å². The monoisotopic (exact) mass is 217 g/mol. The number of nitrogens with zero attached hydrogens (tertiary/aromatic N) is 1. The Morgan fingerprint density at radius 1 is 1.19 bits per heavy atom.